The van der Waals surface area contributed by atoms with Crippen molar-refractivity contribution < 1.29 is 17.9 Å². The molecule has 1 aliphatic carbocycles. The van der Waals surface area contributed by atoms with E-state index in [4.69, 9.17) is 10.5 Å². The predicted octanol–water partition coefficient (Wildman–Crippen LogP) is 3.46. The first kappa shape index (κ1) is 22.9. The number of aromatic nitrogens is 2. The molecule has 33 heavy (non-hydrogen) atoms. The van der Waals surface area contributed by atoms with Gasteiger partial charge in [0.1, 0.15) is 11.2 Å². The number of anilines is 1. The van der Waals surface area contributed by atoms with Gasteiger partial charge < -0.3 is 10.5 Å². The highest BCUT2D eigenvalue weighted by molar-refractivity contribution is 7.92. The van der Waals surface area contributed by atoms with Crippen LogP contribution >= 0.6 is 0 Å². The number of hydrogen-bond acceptors (Lipinski definition) is 7. The van der Waals surface area contributed by atoms with E-state index in [-0.39, 0.29) is 16.7 Å². The smallest absolute Gasteiger partial charge is 0.264 e. The van der Waals surface area contributed by atoms with Crippen molar-refractivity contribution in [3.8, 4) is 0 Å². The van der Waals surface area contributed by atoms with Gasteiger partial charge in [-0.3, -0.25) is 4.79 Å². The minimum absolute atomic E-state index is 0.0145. The maximum atomic E-state index is 12.7. The molecule has 10 heteroatoms. The lowest BCUT2D eigenvalue weighted by molar-refractivity contribution is -0.114. The number of carbonyl (C=O) groups is 1. The molecule has 1 fully saturated rings. The van der Waals surface area contributed by atoms with E-state index in [1.807, 2.05) is 6.92 Å². The van der Waals surface area contributed by atoms with Gasteiger partial charge in [0.2, 0.25) is 11.8 Å². The zero-order valence-electron chi connectivity index (χ0n) is 18.9. The number of benzene rings is 1. The maximum Gasteiger partial charge on any atom is 0.264 e. The van der Waals surface area contributed by atoms with E-state index in [0.717, 1.165) is 37.7 Å². The molecule has 174 valence electrons. The summed E-state index contributed by atoms with van der Waals surface area (Å²) in [5, 5.41) is 0. The van der Waals surface area contributed by atoms with Crippen LogP contribution in [-0.2, 0) is 19.6 Å². The highest BCUT2D eigenvalue weighted by Gasteiger charge is 2.46. The third kappa shape index (κ3) is 4.61. The molecular formula is C23H27N5O4S. The summed E-state index contributed by atoms with van der Waals surface area (Å²) < 4.78 is 34.1. The number of carbonyl (C=O) groups excluding carboxylic acids is 1. The number of primary amides is 1. The summed E-state index contributed by atoms with van der Waals surface area (Å²) in [5.74, 6) is -0.370. The van der Waals surface area contributed by atoms with Crippen LogP contribution in [0.25, 0.3) is 0 Å². The lowest BCUT2D eigenvalue weighted by Crippen LogP contribution is -2.33. The third-order valence-electron chi connectivity index (χ3n) is 6.06. The van der Waals surface area contributed by atoms with E-state index in [1.54, 1.807) is 32.0 Å². The Morgan fingerprint density at radius 3 is 2.24 bits per heavy atom. The van der Waals surface area contributed by atoms with E-state index in [2.05, 4.69) is 19.7 Å². The molecule has 0 radical (unpaired) electrons. The first-order chi connectivity index (χ1) is 15.6. The Kier molecular flexibility index (Phi) is 5.96. The van der Waals surface area contributed by atoms with Gasteiger partial charge in [-0.1, -0.05) is 6.42 Å². The lowest BCUT2D eigenvalue weighted by Gasteiger charge is -2.34. The Balaban J connectivity index is 1.59. The summed E-state index contributed by atoms with van der Waals surface area (Å²) in [4.78, 5) is 24.9. The second kappa shape index (κ2) is 8.58. The van der Waals surface area contributed by atoms with Crippen molar-refractivity contribution in [3.63, 3.8) is 0 Å². The number of nitrogens with one attached hydrogen (secondary N) is 1. The van der Waals surface area contributed by atoms with Crippen molar-refractivity contribution in [2.75, 3.05) is 4.72 Å². The van der Waals surface area contributed by atoms with Crippen LogP contribution in [0.2, 0.25) is 0 Å². The van der Waals surface area contributed by atoms with Crippen LogP contribution in [0, 0.1) is 13.8 Å². The van der Waals surface area contributed by atoms with Gasteiger partial charge in [-0.25, -0.2) is 28.1 Å². The van der Waals surface area contributed by atoms with E-state index < -0.39 is 21.5 Å². The monoisotopic (exact) mass is 469 g/mol. The Morgan fingerprint density at radius 2 is 1.67 bits per heavy atom. The number of aryl methyl sites for hydroxylation is 2. The number of amides is 1. The normalized spacial score (nSPS) is 19.1. The second-order valence-electron chi connectivity index (χ2n) is 8.51. The fraction of sp³-hybridized carbons (Fsp3) is 0.391. The van der Waals surface area contributed by atoms with Gasteiger partial charge in [-0.05, 0) is 82.4 Å². The molecule has 1 aromatic heterocycles. The fourth-order valence-electron chi connectivity index (χ4n) is 4.44. The quantitative estimate of drug-likeness (QED) is 0.688. The number of nitrogens with two attached hydrogens (primary N) is 1. The molecule has 0 unspecified atom stereocenters. The number of ether oxygens (including phenoxy) is 1. The zero-order valence-corrected chi connectivity index (χ0v) is 19.7. The largest absolute Gasteiger partial charge is 0.466 e. The van der Waals surface area contributed by atoms with Crippen molar-refractivity contribution in [3.05, 3.63) is 52.9 Å². The van der Waals surface area contributed by atoms with E-state index in [0.29, 0.717) is 22.6 Å². The van der Waals surface area contributed by atoms with Crippen LogP contribution in [0.4, 0.5) is 11.6 Å². The highest BCUT2D eigenvalue weighted by atomic mass is 32.2. The number of hydrogen-bond donors (Lipinski definition) is 2. The van der Waals surface area contributed by atoms with E-state index >= 15 is 0 Å². The molecule has 3 N–H and O–H groups in total. The van der Waals surface area contributed by atoms with Crippen molar-refractivity contribution in [2.24, 2.45) is 10.7 Å². The topological polar surface area (TPSA) is 137 Å². The predicted molar refractivity (Wildman–Crippen MR) is 125 cm³/mol. The minimum atomic E-state index is -3.88. The third-order valence-corrected chi connectivity index (χ3v) is 7.40. The summed E-state index contributed by atoms with van der Waals surface area (Å²) in [7, 11) is -3.88. The van der Waals surface area contributed by atoms with Gasteiger partial charge in [0.15, 0.2) is 0 Å². The number of aliphatic imine (C=N–C) groups is 1. The van der Waals surface area contributed by atoms with Crippen LogP contribution in [0.15, 0.2) is 51.4 Å². The Morgan fingerprint density at radius 1 is 1.06 bits per heavy atom. The Labute approximate surface area is 193 Å². The van der Waals surface area contributed by atoms with Gasteiger partial charge >= 0.3 is 0 Å². The standard InChI is InChI=1S/C23H27N5O4S/c1-14-13-15(2)26-22(25-14)28-33(30,31)18-9-7-17(8-10-18)27-21-19(20(24)29)16(3)23(32-21)11-5-4-6-12-23/h7-10,13H,4-6,11-12H2,1-3H3,(H2,24,29)(H,25,26,28). The van der Waals surface area contributed by atoms with E-state index in [9.17, 15) is 13.2 Å². The summed E-state index contributed by atoms with van der Waals surface area (Å²) >= 11 is 0. The molecule has 1 spiro atoms. The maximum absolute atomic E-state index is 12.7. The van der Waals surface area contributed by atoms with Gasteiger partial charge in [0.25, 0.3) is 15.9 Å². The number of sulfonamides is 1. The van der Waals surface area contributed by atoms with Crippen molar-refractivity contribution in [1.82, 2.24) is 9.97 Å². The molecule has 0 atom stereocenters. The van der Waals surface area contributed by atoms with Crippen molar-refractivity contribution in [1.29, 1.82) is 0 Å². The lowest BCUT2D eigenvalue weighted by atomic mass is 9.79. The van der Waals surface area contributed by atoms with Gasteiger partial charge in [0, 0.05) is 11.4 Å². The summed E-state index contributed by atoms with van der Waals surface area (Å²) in [6.45, 7) is 5.41. The molecule has 1 aromatic carbocycles. The molecule has 2 aromatic rings. The van der Waals surface area contributed by atoms with Gasteiger partial charge in [-0.15, -0.1) is 0 Å². The molecular weight excluding hydrogens is 442 g/mol. The molecule has 0 saturated heterocycles. The number of nitrogens with zero attached hydrogens (tertiary/aromatic N) is 3. The van der Waals surface area contributed by atoms with E-state index in [1.165, 1.54) is 12.1 Å². The highest BCUT2D eigenvalue weighted by Crippen LogP contribution is 2.44. The first-order valence-electron chi connectivity index (χ1n) is 10.8. The molecule has 2 aliphatic rings. The fourth-order valence-corrected chi connectivity index (χ4v) is 5.38. The van der Waals surface area contributed by atoms with Crippen LogP contribution in [0.1, 0.15) is 50.4 Å². The number of rotatable bonds is 5. The molecule has 0 bridgehead atoms. The van der Waals surface area contributed by atoms with Crippen LogP contribution in [0.5, 0.6) is 0 Å². The zero-order chi connectivity index (χ0) is 23.8. The Bertz CT molecular complexity index is 1240. The molecule has 4 rings (SSSR count). The summed E-state index contributed by atoms with van der Waals surface area (Å²) in [6.07, 6.45) is 4.80. The van der Waals surface area contributed by atoms with Crippen molar-refractivity contribution in [2.45, 2.75) is 63.4 Å². The average molecular weight is 470 g/mol. The molecule has 1 aliphatic heterocycles. The van der Waals surface area contributed by atoms with Gasteiger partial charge in [0.05, 0.1) is 10.6 Å². The SMILES string of the molecule is CC1=C(C(N)=O)C(=Nc2ccc(S(=O)(=O)Nc3nc(C)cc(C)n3)cc2)OC12CCCCC2. The van der Waals surface area contributed by atoms with Crippen LogP contribution < -0.4 is 10.5 Å². The Hall–Kier alpha value is -3.27. The van der Waals surface area contributed by atoms with Crippen LogP contribution in [0.3, 0.4) is 0 Å². The molecule has 1 saturated carbocycles. The summed E-state index contributed by atoms with van der Waals surface area (Å²) in [5.41, 5.74) is 8.01. The second-order valence-corrected chi connectivity index (χ2v) is 10.2. The van der Waals surface area contributed by atoms with Gasteiger partial charge in [-0.2, -0.15) is 0 Å². The molecule has 2 heterocycles. The molecule has 9 nitrogen and oxygen atoms in total. The van der Waals surface area contributed by atoms with Crippen LogP contribution in [-0.4, -0.2) is 35.8 Å². The summed E-state index contributed by atoms with van der Waals surface area (Å²) in [6, 6.07) is 7.71. The minimum Gasteiger partial charge on any atom is -0.466 e. The van der Waals surface area contributed by atoms with Crippen molar-refractivity contribution >= 4 is 33.5 Å². The molecule has 1 amide bonds. The average Bonchev–Trinajstić information content (AvgIpc) is 2.98. The first-order valence-corrected chi connectivity index (χ1v) is 12.3.